The van der Waals surface area contributed by atoms with E-state index in [4.69, 9.17) is 5.73 Å². The van der Waals surface area contributed by atoms with E-state index in [1.54, 1.807) is 19.1 Å². The van der Waals surface area contributed by atoms with Crippen LogP contribution in [0.3, 0.4) is 0 Å². The number of hydrogen-bond acceptors (Lipinski definition) is 4. The first-order chi connectivity index (χ1) is 6.57. The number of nitrogens with two attached hydrogens (primary N) is 1. The van der Waals surface area contributed by atoms with Crippen molar-refractivity contribution < 1.29 is 15.3 Å². The number of hydrogen-bond donors (Lipinski definition) is 4. The molecule has 0 aromatic heterocycles. The van der Waals surface area contributed by atoms with Crippen molar-refractivity contribution in [2.75, 3.05) is 0 Å². The highest BCUT2D eigenvalue weighted by atomic mass is 16.3. The van der Waals surface area contributed by atoms with Crippen molar-refractivity contribution in [3.8, 4) is 11.5 Å². The van der Waals surface area contributed by atoms with Gasteiger partial charge in [-0.25, -0.2) is 0 Å². The molecular formula is C10H15NO3. The van der Waals surface area contributed by atoms with Crippen LogP contribution in [0.2, 0.25) is 0 Å². The summed E-state index contributed by atoms with van der Waals surface area (Å²) in [5.41, 5.74) is 6.06. The van der Waals surface area contributed by atoms with E-state index < -0.39 is 12.1 Å². The molecule has 0 fully saturated rings. The van der Waals surface area contributed by atoms with Gasteiger partial charge < -0.3 is 21.1 Å². The highest BCUT2D eigenvalue weighted by Gasteiger charge is 2.19. The van der Waals surface area contributed by atoms with Gasteiger partial charge in [0.2, 0.25) is 0 Å². The van der Waals surface area contributed by atoms with Crippen LogP contribution in [0.5, 0.6) is 11.5 Å². The van der Waals surface area contributed by atoms with E-state index in [1.807, 2.05) is 0 Å². The largest absolute Gasteiger partial charge is 0.504 e. The summed E-state index contributed by atoms with van der Waals surface area (Å²) in [6, 6.07) is 3.85. The van der Waals surface area contributed by atoms with Crippen molar-refractivity contribution >= 4 is 0 Å². The average Bonchev–Trinajstić information content (AvgIpc) is 2.20. The molecule has 2 atom stereocenters. The quantitative estimate of drug-likeness (QED) is 0.541. The van der Waals surface area contributed by atoms with Crippen LogP contribution in [0.4, 0.5) is 0 Å². The fourth-order valence-corrected chi connectivity index (χ4v) is 1.28. The molecule has 0 saturated carbocycles. The molecule has 78 valence electrons. The minimum atomic E-state index is -0.720. The number of benzene rings is 1. The predicted octanol–water partition coefficient (Wildman–Crippen LogP) is 0.868. The number of aliphatic hydroxyl groups excluding tert-OH is 1. The third-order valence-corrected chi connectivity index (χ3v) is 2.24. The van der Waals surface area contributed by atoms with Crippen LogP contribution in [0.1, 0.15) is 24.9 Å². The first kappa shape index (κ1) is 10.8. The number of aromatic hydroxyl groups is 2. The van der Waals surface area contributed by atoms with Crippen molar-refractivity contribution in [3.63, 3.8) is 0 Å². The van der Waals surface area contributed by atoms with E-state index in [0.29, 0.717) is 12.0 Å². The zero-order valence-corrected chi connectivity index (χ0v) is 8.01. The van der Waals surface area contributed by atoms with Gasteiger partial charge in [0.25, 0.3) is 0 Å². The van der Waals surface area contributed by atoms with E-state index in [2.05, 4.69) is 0 Å². The summed E-state index contributed by atoms with van der Waals surface area (Å²) in [5, 5.41) is 28.2. The summed E-state index contributed by atoms with van der Waals surface area (Å²) in [6.45, 7) is 1.80. The van der Waals surface area contributed by atoms with Gasteiger partial charge in [0.15, 0.2) is 11.5 Å². The predicted molar refractivity (Wildman–Crippen MR) is 53.0 cm³/mol. The molecule has 0 aliphatic rings. The van der Waals surface area contributed by atoms with Crippen molar-refractivity contribution in [1.82, 2.24) is 0 Å². The second-order valence-corrected chi connectivity index (χ2v) is 3.22. The smallest absolute Gasteiger partial charge is 0.162 e. The topological polar surface area (TPSA) is 86.7 Å². The minimum absolute atomic E-state index is 0.221. The molecule has 0 radical (unpaired) electrons. The van der Waals surface area contributed by atoms with Crippen molar-refractivity contribution in [2.24, 2.45) is 5.73 Å². The third kappa shape index (κ3) is 1.97. The van der Waals surface area contributed by atoms with Crippen LogP contribution in [0.15, 0.2) is 18.2 Å². The van der Waals surface area contributed by atoms with Gasteiger partial charge in [-0.1, -0.05) is 19.1 Å². The molecule has 14 heavy (non-hydrogen) atoms. The Labute approximate surface area is 82.6 Å². The Kier molecular flexibility index (Phi) is 3.33. The standard InChI is InChI=1S/C10H15NO3/c1-2-7(12)9(11)6-4-3-5-8(13)10(6)14/h3-5,7,9,12-14H,2,11H2,1H3. The van der Waals surface area contributed by atoms with E-state index in [-0.39, 0.29) is 11.5 Å². The zero-order valence-electron chi connectivity index (χ0n) is 8.01. The Morgan fingerprint density at radius 3 is 2.57 bits per heavy atom. The summed E-state index contributed by atoms with van der Waals surface area (Å²) < 4.78 is 0. The molecule has 0 saturated heterocycles. The van der Waals surface area contributed by atoms with Gasteiger partial charge in [-0.05, 0) is 12.5 Å². The van der Waals surface area contributed by atoms with Gasteiger partial charge in [0, 0.05) is 5.56 Å². The maximum absolute atomic E-state index is 9.48. The maximum atomic E-state index is 9.48. The molecule has 0 spiro atoms. The second kappa shape index (κ2) is 4.30. The second-order valence-electron chi connectivity index (χ2n) is 3.22. The SMILES string of the molecule is CCC(O)C(N)c1cccc(O)c1O. The minimum Gasteiger partial charge on any atom is -0.504 e. The summed E-state index contributed by atoms with van der Waals surface area (Å²) in [5.74, 6) is -0.478. The lowest BCUT2D eigenvalue weighted by molar-refractivity contribution is 0.139. The maximum Gasteiger partial charge on any atom is 0.162 e. The molecule has 4 nitrogen and oxygen atoms in total. The van der Waals surface area contributed by atoms with Gasteiger partial charge in [-0.15, -0.1) is 0 Å². The summed E-state index contributed by atoms with van der Waals surface area (Å²) >= 11 is 0. The number of phenols is 2. The van der Waals surface area contributed by atoms with E-state index >= 15 is 0 Å². The molecule has 4 heteroatoms. The van der Waals surface area contributed by atoms with Crippen LogP contribution in [0.25, 0.3) is 0 Å². The normalized spacial score (nSPS) is 15.1. The lowest BCUT2D eigenvalue weighted by Crippen LogP contribution is -2.25. The summed E-state index contributed by atoms with van der Waals surface area (Å²) in [7, 11) is 0. The molecule has 5 N–H and O–H groups in total. The van der Waals surface area contributed by atoms with E-state index in [1.165, 1.54) is 6.07 Å². The third-order valence-electron chi connectivity index (χ3n) is 2.24. The number of para-hydroxylation sites is 1. The first-order valence-electron chi connectivity index (χ1n) is 4.52. The molecule has 1 aromatic rings. The van der Waals surface area contributed by atoms with E-state index in [9.17, 15) is 15.3 Å². The van der Waals surface area contributed by atoms with Crippen LogP contribution in [-0.4, -0.2) is 21.4 Å². The van der Waals surface area contributed by atoms with Crippen molar-refractivity contribution in [2.45, 2.75) is 25.5 Å². The van der Waals surface area contributed by atoms with Crippen molar-refractivity contribution in [3.05, 3.63) is 23.8 Å². The monoisotopic (exact) mass is 197 g/mol. The lowest BCUT2D eigenvalue weighted by atomic mass is 9.99. The summed E-state index contributed by atoms with van der Waals surface area (Å²) in [6.07, 6.45) is -0.223. The Morgan fingerprint density at radius 1 is 1.36 bits per heavy atom. The van der Waals surface area contributed by atoms with Gasteiger partial charge in [0.05, 0.1) is 12.1 Å². The highest BCUT2D eigenvalue weighted by Crippen LogP contribution is 2.33. The number of aliphatic hydroxyl groups is 1. The lowest BCUT2D eigenvalue weighted by Gasteiger charge is -2.18. The van der Waals surface area contributed by atoms with Crippen LogP contribution < -0.4 is 5.73 Å². The van der Waals surface area contributed by atoms with Gasteiger partial charge in [-0.3, -0.25) is 0 Å². The molecule has 0 aliphatic heterocycles. The van der Waals surface area contributed by atoms with Gasteiger partial charge >= 0.3 is 0 Å². The molecule has 0 amide bonds. The van der Waals surface area contributed by atoms with Crippen LogP contribution >= 0.6 is 0 Å². The fourth-order valence-electron chi connectivity index (χ4n) is 1.28. The Morgan fingerprint density at radius 2 is 2.00 bits per heavy atom. The molecule has 0 heterocycles. The Bertz CT molecular complexity index is 314. The molecule has 2 unspecified atom stereocenters. The summed E-state index contributed by atoms with van der Waals surface area (Å²) in [4.78, 5) is 0. The first-order valence-corrected chi connectivity index (χ1v) is 4.52. The Balaban J connectivity index is 3.01. The molecular weight excluding hydrogens is 182 g/mol. The molecule has 0 aliphatic carbocycles. The Hall–Kier alpha value is -1.26. The number of phenolic OH excluding ortho intramolecular Hbond substituents is 2. The van der Waals surface area contributed by atoms with Gasteiger partial charge in [0.1, 0.15) is 0 Å². The van der Waals surface area contributed by atoms with Crippen LogP contribution in [-0.2, 0) is 0 Å². The zero-order chi connectivity index (χ0) is 10.7. The average molecular weight is 197 g/mol. The number of rotatable bonds is 3. The molecule has 0 bridgehead atoms. The fraction of sp³-hybridized carbons (Fsp3) is 0.400. The molecule has 1 aromatic carbocycles. The molecule has 1 rings (SSSR count). The highest BCUT2D eigenvalue weighted by molar-refractivity contribution is 5.46. The van der Waals surface area contributed by atoms with Crippen LogP contribution in [0, 0.1) is 0 Å². The van der Waals surface area contributed by atoms with Crippen molar-refractivity contribution in [1.29, 1.82) is 0 Å². The van der Waals surface area contributed by atoms with E-state index in [0.717, 1.165) is 0 Å². The van der Waals surface area contributed by atoms with Gasteiger partial charge in [-0.2, -0.15) is 0 Å².